The Labute approximate surface area is 180 Å². The molecule has 1 aliphatic heterocycles. The number of carbonyl (C=O) groups is 2. The SMILES string of the molecule is C=CCOc1ccc2c(c1)C(NOCc1ccccc1)=CN(C(=O)O)C2(CC)C(=O)O. The van der Waals surface area contributed by atoms with E-state index in [1.54, 1.807) is 31.2 Å². The third kappa shape index (κ3) is 4.24. The van der Waals surface area contributed by atoms with Gasteiger partial charge in [-0.1, -0.05) is 56.0 Å². The Hall–Kier alpha value is -3.78. The molecule has 3 rings (SSSR count). The highest BCUT2D eigenvalue weighted by molar-refractivity contribution is 5.91. The summed E-state index contributed by atoms with van der Waals surface area (Å²) in [5.74, 6) is -0.771. The van der Waals surface area contributed by atoms with Crippen molar-refractivity contribution in [3.05, 3.63) is 84.1 Å². The number of carboxylic acid groups (broad SMARTS) is 2. The molecule has 1 aliphatic rings. The summed E-state index contributed by atoms with van der Waals surface area (Å²) in [5, 5.41) is 19.8. The molecule has 162 valence electrons. The van der Waals surface area contributed by atoms with E-state index in [9.17, 15) is 19.8 Å². The van der Waals surface area contributed by atoms with Gasteiger partial charge in [-0.25, -0.2) is 9.59 Å². The molecule has 8 heteroatoms. The fourth-order valence-electron chi connectivity index (χ4n) is 3.59. The number of nitrogens with one attached hydrogen (secondary N) is 1. The Bertz CT molecular complexity index is 1000. The van der Waals surface area contributed by atoms with Crippen LogP contribution in [0, 0.1) is 0 Å². The van der Waals surface area contributed by atoms with Crippen LogP contribution in [0.3, 0.4) is 0 Å². The number of rotatable bonds is 9. The monoisotopic (exact) mass is 424 g/mol. The van der Waals surface area contributed by atoms with Crippen LogP contribution in [0.25, 0.3) is 5.70 Å². The van der Waals surface area contributed by atoms with Crippen molar-refractivity contribution in [3.63, 3.8) is 0 Å². The van der Waals surface area contributed by atoms with E-state index >= 15 is 0 Å². The van der Waals surface area contributed by atoms with Gasteiger partial charge in [0.1, 0.15) is 12.4 Å². The molecule has 2 aromatic rings. The van der Waals surface area contributed by atoms with Gasteiger partial charge in [0.15, 0.2) is 5.54 Å². The van der Waals surface area contributed by atoms with E-state index in [1.807, 2.05) is 30.3 Å². The molecule has 0 aliphatic carbocycles. The lowest BCUT2D eigenvalue weighted by atomic mass is 9.79. The summed E-state index contributed by atoms with van der Waals surface area (Å²) in [6.07, 6.45) is 1.48. The molecule has 8 nitrogen and oxygen atoms in total. The number of nitrogens with zero attached hydrogens (tertiary/aromatic N) is 1. The number of hydrogen-bond donors (Lipinski definition) is 3. The van der Waals surface area contributed by atoms with Gasteiger partial charge < -0.3 is 14.9 Å². The van der Waals surface area contributed by atoms with Crippen molar-refractivity contribution < 1.29 is 29.4 Å². The topological polar surface area (TPSA) is 108 Å². The van der Waals surface area contributed by atoms with Crippen molar-refractivity contribution in [2.24, 2.45) is 0 Å². The van der Waals surface area contributed by atoms with Crippen LogP contribution >= 0.6 is 0 Å². The third-order valence-electron chi connectivity index (χ3n) is 5.10. The lowest BCUT2D eigenvalue weighted by Gasteiger charge is -2.41. The van der Waals surface area contributed by atoms with Gasteiger partial charge in [0.2, 0.25) is 0 Å². The predicted molar refractivity (Wildman–Crippen MR) is 114 cm³/mol. The molecule has 0 aromatic heterocycles. The van der Waals surface area contributed by atoms with Crippen molar-refractivity contribution in [2.75, 3.05) is 6.61 Å². The summed E-state index contributed by atoms with van der Waals surface area (Å²) in [5.41, 5.74) is 3.04. The molecular weight excluding hydrogens is 400 g/mol. The van der Waals surface area contributed by atoms with Gasteiger partial charge >= 0.3 is 12.1 Å². The van der Waals surface area contributed by atoms with E-state index in [0.29, 0.717) is 22.6 Å². The Balaban J connectivity index is 2.02. The zero-order valence-electron chi connectivity index (χ0n) is 17.1. The largest absolute Gasteiger partial charge is 0.490 e. The second-order valence-electron chi connectivity index (χ2n) is 6.90. The first-order chi connectivity index (χ1) is 14.9. The zero-order chi connectivity index (χ0) is 22.4. The van der Waals surface area contributed by atoms with Crippen LogP contribution in [-0.4, -0.2) is 33.8 Å². The Kier molecular flexibility index (Phi) is 6.61. The van der Waals surface area contributed by atoms with Gasteiger partial charge in [0, 0.05) is 11.8 Å². The molecule has 1 amide bonds. The van der Waals surface area contributed by atoms with Crippen molar-refractivity contribution in [1.29, 1.82) is 0 Å². The van der Waals surface area contributed by atoms with Crippen molar-refractivity contribution in [3.8, 4) is 5.75 Å². The second kappa shape index (κ2) is 9.36. The van der Waals surface area contributed by atoms with Crippen LogP contribution in [0.4, 0.5) is 4.79 Å². The van der Waals surface area contributed by atoms with Gasteiger partial charge in [0.25, 0.3) is 0 Å². The van der Waals surface area contributed by atoms with Crippen LogP contribution in [-0.2, 0) is 21.8 Å². The number of benzene rings is 2. The number of aliphatic carboxylic acids is 1. The maximum absolute atomic E-state index is 12.3. The maximum atomic E-state index is 12.3. The first kappa shape index (κ1) is 21.9. The third-order valence-corrected chi connectivity index (χ3v) is 5.10. The van der Waals surface area contributed by atoms with E-state index < -0.39 is 17.6 Å². The highest BCUT2D eigenvalue weighted by atomic mass is 16.6. The fraction of sp³-hybridized carbons (Fsp3) is 0.217. The zero-order valence-corrected chi connectivity index (χ0v) is 17.1. The molecule has 0 saturated carbocycles. The number of amides is 1. The summed E-state index contributed by atoms with van der Waals surface area (Å²) in [6, 6.07) is 14.3. The maximum Gasteiger partial charge on any atom is 0.412 e. The molecule has 1 atom stereocenters. The molecule has 1 unspecified atom stereocenters. The minimum Gasteiger partial charge on any atom is -0.490 e. The number of fused-ring (bicyclic) bond motifs is 1. The summed E-state index contributed by atoms with van der Waals surface area (Å²) in [6.45, 7) is 5.75. The first-order valence-electron chi connectivity index (χ1n) is 9.71. The molecule has 0 spiro atoms. The van der Waals surface area contributed by atoms with Crippen molar-refractivity contribution >= 4 is 17.8 Å². The first-order valence-corrected chi connectivity index (χ1v) is 9.71. The van der Waals surface area contributed by atoms with Crippen molar-refractivity contribution in [1.82, 2.24) is 10.4 Å². The van der Waals surface area contributed by atoms with Crippen molar-refractivity contribution in [2.45, 2.75) is 25.5 Å². The minimum atomic E-state index is -1.78. The molecule has 31 heavy (non-hydrogen) atoms. The lowest BCUT2D eigenvalue weighted by Crippen LogP contribution is -2.54. The smallest absolute Gasteiger partial charge is 0.412 e. The quantitative estimate of drug-likeness (QED) is 0.413. The molecule has 0 fully saturated rings. The van der Waals surface area contributed by atoms with Gasteiger partial charge in [-0.05, 0) is 29.7 Å². The Morgan fingerprint density at radius 2 is 1.94 bits per heavy atom. The summed E-state index contributed by atoms with van der Waals surface area (Å²) >= 11 is 0. The van der Waals surface area contributed by atoms with Gasteiger partial charge in [-0.15, -0.1) is 0 Å². The molecule has 0 radical (unpaired) electrons. The van der Waals surface area contributed by atoms with Crippen LogP contribution in [0.15, 0.2) is 67.4 Å². The second-order valence-corrected chi connectivity index (χ2v) is 6.90. The summed E-state index contributed by atoms with van der Waals surface area (Å²) in [4.78, 5) is 30.7. The number of hydroxylamine groups is 1. The Morgan fingerprint density at radius 1 is 1.19 bits per heavy atom. The molecule has 0 saturated heterocycles. The normalized spacial score (nSPS) is 17.3. The van der Waals surface area contributed by atoms with Crippen LogP contribution in [0.2, 0.25) is 0 Å². The lowest BCUT2D eigenvalue weighted by molar-refractivity contribution is -0.150. The average Bonchev–Trinajstić information content (AvgIpc) is 2.77. The van der Waals surface area contributed by atoms with Crippen LogP contribution in [0.1, 0.15) is 30.0 Å². The van der Waals surface area contributed by atoms with E-state index in [1.165, 1.54) is 6.20 Å². The van der Waals surface area contributed by atoms with E-state index in [4.69, 9.17) is 9.57 Å². The predicted octanol–water partition coefficient (Wildman–Crippen LogP) is 3.95. The van der Waals surface area contributed by atoms with E-state index in [-0.39, 0.29) is 19.6 Å². The molecular formula is C23H24N2O6. The van der Waals surface area contributed by atoms with Crippen LogP contribution in [0.5, 0.6) is 5.75 Å². The standard InChI is InChI=1S/C23H24N2O6/c1-3-12-30-17-10-11-19-18(13-17)20(24-31-15-16-8-6-5-7-9-16)14-25(22(28)29)23(19,4-2)21(26)27/h3,5-11,13-14,24H,1,4,12,15H2,2H3,(H,26,27)(H,28,29). The number of carboxylic acids is 1. The fourth-order valence-corrected chi connectivity index (χ4v) is 3.59. The van der Waals surface area contributed by atoms with Crippen LogP contribution < -0.4 is 10.2 Å². The molecule has 0 bridgehead atoms. The minimum absolute atomic E-state index is 0.0309. The highest BCUT2D eigenvalue weighted by Gasteiger charge is 2.50. The van der Waals surface area contributed by atoms with E-state index in [0.717, 1.165) is 10.5 Å². The number of hydrogen-bond acceptors (Lipinski definition) is 5. The molecule has 2 aromatic carbocycles. The molecule has 1 heterocycles. The van der Waals surface area contributed by atoms with Gasteiger partial charge in [-0.2, -0.15) is 0 Å². The number of ether oxygens (including phenoxy) is 1. The Morgan fingerprint density at radius 3 is 2.55 bits per heavy atom. The highest BCUT2D eigenvalue weighted by Crippen LogP contribution is 2.43. The summed E-state index contributed by atoms with van der Waals surface area (Å²) in [7, 11) is 0. The van der Waals surface area contributed by atoms with E-state index in [2.05, 4.69) is 12.1 Å². The average molecular weight is 424 g/mol. The molecule has 3 N–H and O–H groups in total. The van der Waals surface area contributed by atoms with Gasteiger partial charge in [0.05, 0.1) is 12.3 Å². The summed E-state index contributed by atoms with van der Waals surface area (Å²) < 4.78 is 5.59. The van der Waals surface area contributed by atoms with Gasteiger partial charge in [-0.3, -0.25) is 15.2 Å².